The molecule has 0 aliphatic rings. The van der Waals surface area contributed by atoms with Gasteiger partial charge in [0.2, 0.25) is 0 Å². The van der Waals surface area contributed by atoms with Crippen LogP contribution in [0.2, 0.25) is 0 Å². The molecular weight excluding hydrogens is 198 g/mol. The Balaban J connectivity index is 2.08. The fourth-order valence-electron chi connectivity index (χ4n) is 1.82. The topological polar surface area (TPSA) is 43.8 Å². The summed E-state index contributed by atoms with van der Waals surface area (Å²) in [4.78, 5) is 4.19. The van der Waals surface area contributed by atoms with E-state index in [2.05, 4.69) is 41.0 Å². The lowest BCUT2D eigenvalue weighted by molar-refractivity contribution is 0.795. The molecule has 2 rings (SSSR count). The summed E-state index contributed by atoms with van der Waals surface area (Å²) in [7, 11) is 0. The van der Waals surface area contributed by atoms with Crippen molar-refractivity contribution >= 4 is 0 Å². The molecule has 2 N–H and O–H groups in total. The van der Waals surface area contributed by atoms with Crippen LogP contribution in [-0.2, 0) is 13.0 Å². The Morgan fingerprint density at radius 1 is 1.31 bits per heavy atom. The standard InChI is InChI=1S/C13H17N3/c1-11-6-13(8-15-7-11)10-16-5-3-12(9-16)2-4-14/h3,5-9H,2,4,10,14H2,1H3. The maximum atomic E-state index is 5.52. The molecular formula is C13H17N3. The summed E-state index contributed by atoms with van der Waals surface area (Å²) in [5, 5.41) is 0. The molecule has 16 heavy (non-hydrogen) atoms. The minimum Gasteiger partial charge on any atom is -0.350 e. The van der Waals surface area contributed by atoms with Gasteiger partial charge in [-0.25, -0.2) is 0 Å². The van der Waals surface area contributed by atoms with Crippen molar-refractivity contribution in [1.82, 2.24) is 9.55 Å². The third-order valence-electron chi connectivity index (χ3n) is 2.54. The first-order valence-corrected chi connectivity index (χ1v) is 5.53. The van der Waals surface area contributed by atoms with E-state index in [0.717, 1.165) is 13.0 Å². The molecule has 3 heteroatoms. The molecule has 0 aliphatic carbocycles. The molecule has 0 aliphatic heterocycles. The van der Waals surface area contributed by atoms with Gasteiger partial charge in [0, 0.05) is 31.3 Å². The molecule has 2 aromatic heterocycles. The molecule has 0 radical (unpaired) electrons. The summed E-state index contributed by atoms with van der Waals surface area (Å²) < 4.78 is 2.17. The van der Waals surface area contributed by atoms with Gasteiger partial charge in [0.25, 0.3) is 0 Å². The quantitative estimate of drug-likeness (QED) is 0.844. The summed E-state index contributed by atoms with van der Waals surface area (Å²) in [6, 6.07) is 4.28. The van der Waals surface area contributed by atoms with Crippen LogP contribution in [0.5, 0.6) is 0 Å². The summed E-state index contributed by atoms with van der Waals surface area (Å²) in [6.45, 7) is 3.64. The second-order valence-electron chi connectivity index (χ2n) is 4.10. The van der Waals surface area contributed by atoms with Crippen LogP contribution in [0.1, 0.15) is 16.7 Å². The average molecular weight is 215 g/mol. The van der Waals surface area contributed by atoms with E-state index >= 15 is 0 Å². The second kappa shape index (κ2) is 4.94. The maximum absolute atomic E-state index is 5.52. The summed E-state index contributed by atoms with van der Waals surface area (Å²) in [5.41, 5.74) is 9.25. The third kappa shape index (κ3) is 2.70. The van der Waals surface area contributed by atoms with Crippen molar-refractivity contribution in [3.05, 3.63) is 53.6 Å². The van der Waals surface area contributed by atoms with Crippen molar-refractivity contribution < 1.29 is 0 Å². The van der Waals surface area contributed by atoms with Gasteiger partial charge in [-0.15, -0.1) is 0 Å². The predicted molar refractivity (Wildman–Crippen MR) is 65.3 cm³/mol. The van der Waals surface area contributed by atoms with Gasteiger partial charge in [-0.05, 0) is 42.6 Å². The first-order valence-electron chi connectivity index (χ1n) is 5.53. The maximum Gasteiger partial charge on any atom is 0.0485 e. The number of hydrogen-bond donors (Lipinski definition) is 1. The molecule has 0 atom stereocenters. The number of nitrogens with zero attached hydrogens (tertiary/aromatic N) is 2. The van der Waals surface area contributed by atoms with E-state index in [1.807, 2.05) is 12.4 Å². The van der Waals surface area contributed by atoms with Gasteiger partial charge < -0.3 is 10.3 Å². The van der Waals surface area contributed by atoms with Gasteiger partial charge in [-0.2, -0.15) is 0 Å². The van der Waals surface area contributed by atoms with Crippen LogP contribution in [0.3, 0.4) is 0 Å². The molecule has 0 fully saturated rings. The van der Waals surface area contributed by atoms with Gasteiger partial charge in [0.15, 0.2) is 0 Å². The van der Waals surface area contributed by atoms with Crippen molar-refractivity contribution in [1.29, 1.82) is 0 Å². The zero-order valence-electron chi connectivity index (χ0n) is 9.56. The van der Waals surface area contributed by atoms with E-state index in [0.29, 0.717) is 6.54 Å². The SMILES string of the molecule is Cc1cncc(Cn2ccc(CCN)c2)c1. The van der Waals surface area contributed by atoms with Crippen molar-refractivity contribution in [3.8, 4) is 0 Å². The highest BCUT2D eigenvalue weighted by Gasteiger charge is 1.98. The Labute approximate surface area is 95.9 Å². The largest absolute Gasteiger partial charge is 0.350 e. The molecule has 0 amide bonds. The van der Waals surface area contributed by atoms with Crippen LogP contribution >= 0.6 is 0 Å². The minimum atomic E-state index is 0.704. The van der Waals surface area contributed by atoms with Crippen LogP contribution in [-0.4, -0.2) is 16.1 Å². The molecule has 2 aromatic rings. The van der Waals surface area contributed by atoms with E-state index in [9.17, 15) is 0 Å². The second-order valence-corrected chi connectivity index (χ2v) is 4.10. The number of hydrogen-bond acceptors (Lipinski definition) is 2. The molecule has 84 valence electrons. The first-order chi connectivity index (χ1) is 7.78. The number of nitrogens with two attached hydrogens (primary N) is 1. The normalized spacial score (nSPS) is 10.6. The summed E-state index contributed by atoms with van der Waals surface area (Å²) in [5.74, 6) is 0. The highest BCUT2D eigenvalue weighted by molar-refractivity contribution is 5.18. The van der Waals surface area contributed by atoms with Crippen molar-refractivity contribution in [2.24, 2.45) is 5.73 Å². The fraction of sp³-hybridized carbons (Fsp3) is 0.308. The van der Waals surface area contributed by atoms with Crippen molar-refractivity contribution in [2.45, 2.75) is 19.9 Å². The van der Waals surface area contributed by atoms with Crippen LogP contribution < -0.4 is 5.73 Å². The fourth-order valence-corrected chi connectivity index (χ4v) is 1.82. The highest BCUT2D eigenvalue weighted by Crippen LogP contribution is 2.07. The van der Waals surface area contributed by atoms with E-state index in [1.165, 1.54) is 16.7 Å². The van der Waals surface area contributed by atoms with Gasteiger partial charge in [-0.3, -0.25) is 4.98 Å². The molecule has 0 saturated carbocycles. The summed E-state index contributed by atoms with van der Waals surface area (Å²) >= 11 is 0. The Morgan fingerprint density at radius 2 is 2.19 bits per heavy atom. The first kappa shape index (κ1) is 10.9. The molecule has 0 unspecified atom stereocenters. The van der Waals surface area contributed by atoms with Gasteiger partial charge in [0.05, 0.1) is 0 Å². The minimum absolute atomic E-state index is 0.704. The zero-order valence-corrected chi connectivity index (χ0v) is 9.56. The Kier molecular flexibility index (Phi) is 3.37. The molecule has 0 saturated heterocycles. The monoisotopic (exact) mass is 215 g/mol. The molecule has 0 bridgehead atoms. The number of rotatable bonds is 4. The van der Waals surface area contributed by atoms with Crippen LogP contribution in [0.25, 0.3) is 0 Å². The van der Waals surface area contributed by atoms with E-state index < -0.39 is 0 Å². The lowest BCUT2D eigenvalue weighted by Gasteiger charge is -2.03. The Bertz CT molecular complexity index is 460. The van der Waals surface area contributed by atoms with Crippen molar-refractivity contribution in [3.63, 3.8) is 0 Å². The van der Waals surface area contributed by atoms with Crippen LogP contribution in [0.15, 0.2) is 36.9 Å². The number of aromatic nitrogens is 2. The van der Waals surface area contributed by atoms with Gasteiger partial charge in [0.1, 0.15) is 0 Å². The zero-order chi connectivity index (χ0) is 11.4. The average Bonchev–Trinajstić information content (AvgIpc) is 2.66. The number of pyridine rings is 1. The van der Waals surface area contributed by atoms with Gasteiger partial charge >= 0.3 is 0 Å². The van der Waals surface area contributed by atoms with Crippen LogP contribution in [0, 0.1) is 6.92 Å². The number of aryl methyl sites for hydroxylation is 1. The van der Waals surface area contributed by atoms with E-state index in [4.69, 9.17) is 5.73 Å². The highest BCUT2D eigenvalue weighted by atomic mass is 14.9. The lowest BCUT2D eigenvalue weighted by atomic mass is 10.2. The molecule has 2 heterocycles. The Hall–Kier alpha value is -1.61. The molecule has 0 aromatic carbocycles. The lowest BCUT2D eigenvalue weighted by Crippen LogP contribution is -2.02. The summed E-state index contributed by atoms with van der Waals surface area (Å²) in [6.07, 6.45) is 8.97. The third-order valence-corrected chi connectivity index (χ3v) is 2.54. The molecule has 0 spiro atoms. The van der Waals surface area contributed by atoms with Gasteiger partial charge in [-0.1, -0.05) is 6.07 Å². The molecule has 3 nitrogen and oxygen atoms in total. The predicted octanol–water partition coefficient (Wildman–Crippen LogP) is 1.74. The Morgan fingerprint density at radius 3 is 2.94 bits per heavy atom. The smallest absolute Gasteiger partial charge is 0.0485 e. The van der Waals surface area contributed by atoms with Crippen molar-refractivity contribution in [2.75, 3.05) is 6.54 Å². The van der Waals surface area contributed by atoms with E-state index in [1.54, 1.807) is 0 Å². The van der Waals surface area contributed by atoms with E-state index in [-0.39, 0.29) is 0 Å². The van der Waals surface area contributed by atoms with Crippen LogP contribution in [0.4, 0.5) is 0 Å².